The summed E-state index contributed by atoms with van der Waals surface area (Å²) in [5.41, 5.74) is 1.13. The van der Waals surface area contributed by atoms with Crippen LogP contribution in [0.5, 0.6) is 5.75 Å². The second-order valence-electron chi connectivity index (χ2n) is 3.43. The Morgan fingerprint density at radius 3 is 2.41 bits per heavy atom. The van der Waals surface area contributed by atoms with Crippen LogP contribution in [-0.2, 0) is 6.54 Å². The highest BCUT2D eigenvalue weighted by Gasteiger charge is 1.97. The predicted octanol–water partition coefficient (Wildman–Crippen LogP) is 2.75. The fourth-order valence-corrected chi connectivity index (χ4v) is 1.43. The van der Waals surface area contributed by atoms with E-state index in [4.69, 9.17) is 16.3 Å². The van der Waals surface area contributed by atoms with Crippen LogP contribution in [0.4, 0.5) is 5.95 Å². The van der Waals surface area contributed by atoms with E-state index in [0.29, 0.717) is 17.5 Å². The van der Waals surface area contributed by atoms with Gasteiger partial charge < -0.3 is 10.1 Å². The number of rotatable bonds is 4. The maximum absolute atomic E-state index is 5.70. The van der Waals surface area contributed by atoms with Crippen LogP contribution >= 0.6 is 11.6 Å². The molecule has 5 heteroatoms. The lowest BCUT2D eigenvalue weighted by Gasteiger charge is -2.05. The van der Waals surface area contributed by atoms with E-state index in [-0.39, 0.29) is 0 Å². The fraction of sp³-hybridized carbons (Fsp3) is 0.167. The van der Waals surface area contributed by atoms with Crippen LogP contribution in [0.1, 0.15) is 5.56 Å². The van der Waals surface area contributed by atoms with E-state index < -0.39 is 0 Å². The zero-order valence-corrected chi connectivity index (χ0v) is 10.1. The van der Waals surface area contributed by atoms with Crippen LogP contribution in [0.15, 0.2) is 36.7 Å². The molecular weight excluding hydrogens is 238 g/mol. The molecule has 88 valence electrons. The molecule has 1 aromatic carbocycles. The molecule has 4 nitrogen and oxygen atoms in total. The van der Waals surface area contributed by atoms with Gasteiger partial charge in [-0.2, -0.15) is 0 Å². The lowest BCUT2D eigenvalue weighted by atomic mass is 10.2. The second-order valence-corrected chi connectivity index (χ2v) is 3.86. The molecule has 0 atom stereocenters. The van der Waals surface area contributed by atoms with E-state index in [2.05, 4.69) is 15.3 Å². The van der Waals surface area contributed by atoms with Crippen molar-refractivity contribution in [2.24, 2.45) is 0 Å². The molecule has 0 saturated heterocycles. The van der Waals surface area contributed by atoms with Gasteiger partial charge in [0.15, 0.2) is 0 Å². The van der Waals surface area contributed by atoms with Crippen molar-refractivity contribution in [2.45, 2.75) is 6.54 Å². The minimum atomic E-state index is 0.528. The van der Waals surface area contributed by atoms with Crippen molar-refractivity contribution in [3.63, 3.8) is 0 Å². The normalized spacial score (nSPS) is 10.0. The molecular formula is C12H12ClN3O. The summed E-state index contributed by atoms with van der Waals surface area (Å²) in [6.45, 7) is 0.658. The molecule has 2 aromatic rings. The molecule has 0 unspecified atom stereocenters. The number of ether oxygens (including phenoxy) is 1. The van der Waals surface area contributed by atoms with E-state index in [0.717, 1.165) is 11.3 Å². The average molecular weight is 250 g/mol. The predicted molar refractivity (Wildman–Crippen MR) is 67.4 cm³/mol. The van der Waals surface area contributed by atoms with Gasteiger partial charge in [0.05, 0.1) is 24.5 Å². The summed E-state index contributed by atoms with van der Waals surface area (Å²) in [4.78, 5) is 8.10. The minimum absolute atomic E-state index is 0.528. The quantitative estimate of drug-likeness (QED) is 0.905. The van der Waals surface area contributed by atoms with Gasteiger partial charge in [0, 0.05) is 6.54 Å². The number of methoxy groups -OCH3 is 1. The lowest BCUT2D eigenvalue weighted by molar-refractivity contribution is 0.414. The Bertz CT molecular complexity index is 470. The molecule has 0 radical (unpaired) electrons. The molecule has 0 amide bonds. The summed E-state index contributed by atoms with van der Waals surface area (Å²) in [5.74, 6) is 1.40. The van der Waals surface area contributed by atoms with Crippen LogP contribution in [0, 0.1) is 0 Å². The monoisotopic (exact) mass is 249 g/mol. The van der Waals surface area contributed by atoms with Gasteiger partial charge in [0.25, 0.3) is 0 Å². The Labute approximate surface area is 105 Å². The molecule has 0 spiro atoms. The minimum Gasteiger partial charge on any atom is -0.497 e. The van der Waals surface area contributed by atoms with Crippen LogP contribution in [0.2, 0.25) is 5.02 Å². The molecule has 1 N–H and O–H groups in total. The van der Waals surface area contributed by atoms with Gasteiger partial charge in [0.1, 0.15) is 5.75 Å². The Kier molecular flexibility index (Phi) is 3.77. The van der Waals surface area contributed by atoms with Crippen LogP contribution in [-0.4, -0.2) is 17.1 Å². The molecule has 0 aliphatic heterocycles. The summed E-state index contributed by atoms with van der Waals surface area (Å²) in [7, 11) is 1.65. The first-order valence-electron chi connectivity index (χ1n) is 5.12. The SMILES string of the molecule is COc1ccc(CNc2ncc(Cl)cn2)cc1. The van der Waals surface area contributed by atoms with E-state index in [1.165, 1.54) is 0 Å². The number of hydrogen-bond acceptors (Lipinski definition) is 4. The fourth-order valence-electron chi connectivity index (χ4n) is 1.33. The third-order valence-corrected chi connectivity index (χ3v) is 2.43. The summed E-state index contributed by atoms with van der Waals surface area (Å²) in [5, 5.41) is 3.63. The first-order chi connectivity index (χ1) is 8.28. The molecule has 0 saturated carbocycles. The molecule has 0 aliphatic rings. The van der Waals surface area contributed by atoms with Crippen molar-refractivity contribution in [3.05, 3.63) is 47.2 Å². The third kappa shape index (κ3) is 3.32. The number of benzene rings is 1. The Hall–Kier alpha value is -1.81. The number of anilines is 1. The van der Waals surface area contributed by atoms with Gasteiger partial charge in [-0.1, -0.05) is 23.7 Å². The smallest absolute Gasteiger partial charge is 0.222 e. The van der Waals surface area contributed by atoms with Gasteiger partial charge in [0.2, 0.25) is 5.95 Å². The summed E-state index contributed by atoms with van der Waals surface area (Å²) < 4.78 is 5.09. The van der Waals surface area contributed by atoms with Gasteiger partial charge in [-0.25, -0.2) is 9.97 Å². The van der Waals surface area contributed by atoms with E-state index in [9.17, 15) is 0 Å². The molecule has 1 heterocycles. The first-order valence-corrected chi connectivity index (χ1v) is 5.50. The van der Waals surface area contributed by atoms with Crippen molar-refractivity contribution in [2.75, 3.05) is 12.4 Å². The average Bonchev–Trinajstić information content (AvgIpc) is 2.39. The van der Waals surface area contributed by atoms with Crippen molar-refractivity contribution in [1.82, 2.24) is 9.97 Å². The summed E-state index contributed by atoms with van der Waals surface area (Å²) in [6.07, 6.45) is 3.12. The highest BCUT2D eigenvalue weighted by Crippen LogP contribution is 2.12. The molecule has 0 aliphatic carbocycles. The van der Waals surface area contributed by atoms with Crippen LogP contribution in [0.25, 0.3) is 0 Å². The number of halogens is 1. The molecule has 17 heavy (non-hydrogen) atoms. The highest BCUT2D eigenvalue weighted by atomic mass is 35.5. The molecule has 0 fully saturated rings. The molecule has 0 bridgehead atoms. The van der Waals surface area contributed by atoms with Crippen molar-refractivity contribution in [3.8, 4) is 5.75 Å². The van der Waals surface area contributed by atoms with Gasteiger partial charge in [-0.05, 0) is 17.7 Å². The lowest BCUT2D eigenvalue weighted by Crippen LogP contribution is -2.02. The van der Waals surface area contributed by atoms with Gasteiger partial charge in [-0.15, -0.1) is 0 Å². The number of nitrogens with one attached hydrogen (secondary N) is 1. The van der Waals surface area contributed by atoms with Gasteiger partial charge >= 0.3 is 0 Å². The zero-order chi connectivity index (χ0) is 12.1. The van der Waals surface area contributed by atoms with Gasteiger partial charge in [-0.3, -0.25) is 0 Å². The topological polar surface area (TPSA) is 47.0 Å². The standard InChI is InChI=1S/C12H12ClN3O/c1-17-11-4-2-9(3-5-11)6-14-12-15-7-10(13)8-16-12/h2-5,7-8H,6H2,1H3,(H,14,15,16). The summed E-state index contributed by atoms with van der Waals surface area (Å²) >= 11 is 5.70. The second kappa shape index (κ2) is 5.50. The van der Waals surface area contributed by atoms with E-state index in [1.807, 2.05) is 24.3 Å². The zero-order valence-electron chi connectivity index (χ0n) is 9.35. The largest absolute Gasteiger partial charge is 0.497 e. The number of aromatic nitrogens is 2. The Balaban J connectivity index is 1.95. The first kappa shape index (κ1) is 11.7. The van der Waals surface area contributed by atoms with Crippen LogP contribution in [0.3, 0.4) is 0 Å². The Morgan fingerprint density at radius 2 is 1.82 bits per heavy atom. The molecule has 2 rings (SSSR count). The molecule has 1 aromatic heterocycles. The maximum Gasteiger partial charge on any atom is 0.222 e. The van der Waals surface area contributed by atoms with Crippen molar-refractivity contribution >= 4 is 17.5 Å². The third-order valence-electron chi connectivity index (χ3n) is 2.23. The Morgan fingerprint density at radius 1 is 1.18 bits per heavy atom. The number of nitrogens with zero attached hydrogens (tertiary/aromatic N) is 2. The van der Waals surface area contributed by atoms with Crippen molar-refractivity contribution in [1.29, 1.82) is 0 Å². The number of hydrogen-bond donors (Lipinski definition) is 1. The van der Waals surface area contributed by atoms with Crippen molar-refractivity contribution < 1.29 is 4.74 Å². The van der Waals surface area contributed by atoms with E-state index >= 15 is 0 Å². The van der Waals surface area contributed by atoms with E-state index in [1.54, 1.807) is 19.5 Å². The van der Waals surface area contributed by atoms with Crippen LogP contribution < -0.4 is 10.1 Å². The maximum atomic E-state index is 5.70. The summed E-state index contributed by atoms with van der Waals surface area (Å²) in [6, 6.07) is 7.81. The highest BCUT2D eigenvalue weighted by molar-refractivity contribution is 6.30.